The molecule has 0 aliphatic heterocycles. The van der Waals surface area contributed by atoms with Gasteiger partial charge in [-0.3, -0.25) is 9.59 Å². The van der Waals surface area contributed by atoms with Gasteiger partial charge in [-0.1, -0.05) is 31.9 Å². The lowest BCUT2D eigenvalue weighted by Crippen LogP contribution is -2.24. The Balaban J connectivity index is 1.36. The van der Waals surface area contributed by atoms with E-state index in [9.17, 15) is 9.59 Å². The van der Waals surface area contributed by atoms with Crippen LogP contribution in [0.2, 0.25) is 0 Å². The monoisotopic (exact) mass is 555 g/mol. The Hall–Kier alpha value is -4.99. The van der Waals surface area contributed by atoms with E-state index in [1.54, 1.807) is 69.0 Å². The van der Waals surface area contributed by atoms with Crippen LogP contribution < -0.4 is 25.2 Å². The number of carbonyl (C=O) groups excluding carboxylic acids is 1. The Morgan fingerprint density at radius 1 is 0.951 bits per heavy atom. The number of amides is 1. The standard InChI is InChI=1S/C31H33N5O5/c1-4-5-6-11-29-34-26-10-8-7-9-25(26)31(38)36(29)33-20-22-12-15-24(16-13-22)41-21-30(37)35-32-19-23-14-17-27(39-2)28(18-23)40-3/h7-10,12-20H,4-6,11,21H2,1-3H3,(H,35,37). The van der Waals surface area contributed by atoms with E-state index >= 15 is 0 Å². The van der Waals surface area contributed by atoms with E-state index in [-0.39, 0.29) is 12.2 Å². The number of carbonyl (C=O) groups is 1. The average molecular weight is 556 g/mol. The highest BCUT2D eigenvalue weighted by molar-refractivity contribution is 5.84. The Morgan fingerprint density at radius 2 is 1.71 bits per heavy atom. The van der Waals surface area contributed by atoms with Gasteiger partial charge in [0.1, 0.15) is 11.6 Å². The molecular weight excluding hydrogens is 522 g/mol. The zero-order valence-electron chi connectivity index (χ0n) is 23.4. The lowest BCUT2D eigenvalue weighted by molar-refractivity contribution is -0.123. The molecule has 0 aliphatic carbocycles. The number of unbranched alkanes of at least 4 members (excludes halogenated alkanes) is 2. The number of aromatic nitrogens is 2. The number of ether oxygens (including phenoxy) is 3. The van der Waals surface area contributed by atoms with Gasteiger partial charge in [0.25, 0.3) is 11.5 Å². The highest BCUT2D eigenvalue weighted by atomic mass is 16.5. The van der Waals surface area contributed by atoms with E-state index in [0.717, 1.165) is 30.4 Å². The SMILES string of the molecule is CCCCCc1nc2ccccc2c(=O)n1N=Cc1ccc(OCC(=O)NN=Cc2ccc(OC)c(OC)c2)cc1. The summed E-state index contributed by atoms with van der Waals surface area (Å²) >= 11 is 0. The van der Waals surface area contributed by atoms with E-state index in [1.165, 1.54) is 10.9 Å². The van der Waals surface area contributed by atoms with Crippen LogP contribution in [0.5, 0.6) is 17.2 Å². The maximum atomic E-state index is 13.1. The summed E-state index contributed by atoms with van der Waals surface area (Å²) in [6.07, 6.45) is 6.83. The summed E-state index contributed by atoms with van der Waals surface area (Å²) in [5, 5.41) is 8.95. The molecule has 0 radical (unpaired) electrons. The van der Waals surface area contributed by atoms with Crippen LogP contribution in [0.3, 0.4) is 0 Å². The summed E-state index contributed by atoms with van der Waals surface area (Å²) in [4.78, 5) is 30.0. The second-order valence-electron chi connectivity index (χ2n) is 9.13. The first kappa shape index (κ1) is 29.0. The molecule has 1 heterocycles. The summed E-state index contributed by atoms with van der Waals surface area (Å²) in [5.74, 6) is 1.90. The van der Waals surface area contributed by atoms with Crippen LogP contribution in [0.25, 0.3) is 10.9 Å². The number of para-hydroxylation sites is 1. The largest absolute Gasteiger partial charge is 0.493 e. The van der Waals surface area contributed by atoms with Gasteiger partial charge in [0, 0.05) is 6.42 Å². The van der Waals surface area contributed by atoms with E-state index < -0.39 is 5.91 Å². The van der Waals surface area contributed by atoms with Gasteiger partial charge >= 0.3 is 0 Å². The number of rotatable bonds is 13. The van der Waals surface area contributed by atoms with Gasteiger partial charge in [-0.2, -0.15) is 14.9 Å². The second-order valence-corrected chi connectivity index (χ2v) is 9.13. The molecule has 1 N–H and O–H groups in total. The van der Waals surface area contributed by atoms with Crippen LogP contribution in [0.1, 0.15) is 43.1 Å². The van der Waals surface area contributed by atoms with Gasteiger partial charge in [0.15, 0.2) is 18.1 Å². The summed E-state index contributed by atoms with van der Waals surface area (Å²) in [6, 6.07) is 19.6. The van der Waals surface area contributed by atoms with Crippen LogP contribution >= 0.6 is 0 Å². The first-order valence-electron chi connectivity index (χ1n) is 13.3. The molecule has 4 aromatic rings. The molecule has 0 saturated heterocycles. The lowest BCUT2D eigenvalue weighted by Gasteiger charge is -2.09. The molecule has 0 fully saturated rings. The maximum absolute atomic E-state index is 13.1. The third-order valence-corrected chi connectivity index (χ3v) is 6.21. The lowest BCUT2D eigenvalue weighted by atomic mass is 10.2. The molecule has 10 heteroatoms. The van der Waals surface area contributed by atoms with Crippen molar-refractivity contribution in [3.8, 4) is 17.2 Å². The fourth-order valence-electron chi connectivity index (χ4n) is 4.05. The predicted molar refractivity (Wildman–Crippen MR) is 159 cm³/mol. The molecule has 41 heavy (non-hydrogen) atoms. The molecular formula is C31H33N5O5. The quantitative estimate of drug-likeness (QED) is 0.147. The number of hydrazone groups is 1. The number of fused-ring (bicyclic) bond motifs is 1. The molecule has 1 amide bonds. The Labute approximate surface area is 238 Å². The van der Waals surface area contributed by atoms with Crippen molar-refractivity contribution in [2.45, 2.75) is 32.6 Å². The van der Waals surface area contributed by atoms with Gasteiger partial charge in [0.05, 0.1) is 37.6 Å². The first-order chi connectivity index (χ1) is 20.0. The smallest absolute Gasteiger partial charge is 0.282 e. The topological polar surface area (TPSA) is 116 Å². The number of aryl methyl sites for hydroxylation is 1. The van der Waals surface area contributed by atoms with Crippen molar-refractivity contribution in [3.05, 3.63) is 94.0 Å². The molecule has 4 rings (SSSR count). The molecule has 0 saturated carbocycles. The minimum absolute atomic E-state index is 0.196. The molecule has 212 valence electrons. The third-order valence-electron chi connectivity index (χ3n) is 6.21. The van der Waals surface area contributed by atoms with E-state index in [4.69, 9.17) is 19.2 Å². The zero-order chi connectivity index (χ0) is 29.0. The summed E-state index contributed by atoms with van der Waals surface area (Å²) in [6.45, 7) is 1.92. The number of hydrogen-bond donors (Lipinski definition) is 1. The number of nitrogens with zero attached hydrogens (tertiary/aromatic N) is 4. The fraction of sp³-hybridized carbons (Fsp3) is 0.258. The van der Waals surface area contributed by atoms with Crippen molar-refractivity contribution in [1.82, 2.24) is 15.1 Å². The van der Waals surface area contributed by atoms with Crippen LogP contribution in [0.15, 0.2) is 81.7 Å². The summed E-state index contributed by atoms with van der Waals surface area (Å²) in [5.41, 5.74) is 4.41. The first-order valence-corrected chi connectivity index (χ1v) is 13.3. The van der Waals surface area contributed by atoms with Crippen molar-refractivity contribution in [2.24, 2.45) is 10.2 Å². The molecule has 0 aliphatic rings. The maximum Gasteiger partial charge on any atom is 0.282 e. The van der Waals surface area contributed by atoms with Crippen molar-refractivity contribution in [3.63, 3.8) is 0 Å². The number of hydrogen-bond acceptors (Lipinski definition) is 8. The summed E-state index contributed by atoms with van der Waals surface area (Å²) in [7, 11) is 3.11. The molecule has 0 atom stereocenters. The summed E-state index contributed by atoms with van der Waals surface area (Å²) < 4.78 is 17.4. The van der Waals surface area contributed by atoms with Crippen molar-refractivity contribution in [2.75, 3.05) is 20.8 Å². The predicted octanol–water partition coefficient (Wildman–Crippen LogP) is 4.56. The van der Waals surface area contributed by atoms with Gasteiger partial charge < -0.3 is 14.2 Å². The Morgan fingerprint density at radius 3 is 2.46 bits per heavy atom. The Bertz CT molecular complexity index is 1600. The van der Waals surface area contributed by atoms with E-state index in [1.807, 2.05) is 18.2 Å². The van der Waals surface area contributed by atoms with Gasteiger partial charge in [-0.25, -0.2) is 10.4 Å². The van der Waals surface area contributed by atoms with Gasteiger partial charge in [-0.15, -0.1) is 0 Å². The second kappa shape index (κ2) is 14.4. The number of methoxy groups -OCH3 is 2. The minimum Gasteiger partial charge on any atom is -0.493 e. The fourth-order valence-corrected chi connectivity index (χ4v) is 4.05. The van der Waals surface area contributed by atoms with Crippen molar-refractivity contribution < 1.29 is 19.0 Å². The molecule has 3 aromatic carbocycles. The molecule has 1 aromatic heterocycles. The van der Waals surface area contributed by atoms with Crippen LogP contribution in [-0.2, 0) is 11.2 Å². The molecule has 0 unspecified atom stereocenters. The minimum atomic E-state index is -0.411. The van der Waals surface area contributed by atoms with Crippen molar-refractivity contribution >= 4 is 29.2 Å². The van der Waals surface area contributed by atoms with Crippen LogP contribution in [-0.4, -0.2) is 48.8 Å². The highest BCUT2D eigenvalue weighted by Crippen LogP contribution is 2.26. The molecule has 0 spiro atoms. The average Bonchev–Trinajstić information content (AvgIpc) is 3.00. The molecule has 10 nitrogen and oxygen atoms in total. The van der Waals surface area contributed by atoms with Crippen LogP contribution in [0, 0.1) is 0 Å². The van der Waals surface area contributed by atoms with E-state index in [0.29, 0.717) is 40.4 Å². The molecule has 0 bridgehead atoms. The van der Waals surface area contributed by atoms with E-state index in [2.05, 4.69) is 22.6 Å². The zero-order valence-corrected chi connectivity index (χ0v) is 23.4. The number of nitrogens with one attached hydrogen (secondary N) is 1. The number of benzene rings is 3. The van der Waals surface area contributed by atoms with Gasteiger partial charge in [0.2, 0.25) is 0 Å². The third kappa shape index (κ3) is 7.78. The normalized spacial score (nSPS) is 11.3. The Kier molecular flexibility index (Phi) is 10.2. The van der Waals surface area contributed by atoms with Gasteiger partial charge in [-0.05, 0) is 72.1 Å². The van der Waals surface area contributed by atoms with Crippen molar-refractivity contribution in [1.29, 1.82) is 0 Å². The highest BCUT2D eigenvalue weighted by Gasteiger charge is 2.10. The van der Waals surface area contributed by atoms with Crippen LogP contribution in [0.4, 0.5) is 0 Å².